The van der Waals surface area contributed by atoms with Crippen molar-refractivity contribution in [2.75, 3.05) is 24.7 Å². The molecule has 2 aromatic heterocycles. The molecule has 3 aromatic rings. The molecule has 0 aliphatic carbocycles. The molecule has 12 heteroatoms. The van der Waals surface area contributed by atoms with Crippen molar-refractivity contribution in [2.45, 2.75) is 11.8 Å². The van der Waals surface area contributed by atoms with Gasteiger partial charge < -0.3 is 8.92 Å². The molecule has 0 amide bonds. The van der Waals surface area contributed by atoms with Gasteiger partial charge in [-0.05, 0) is 31.2 Å². The molecule has 0 saturated carbocycles. The van der Waals surface area contributed by atoms with Crippen molar-refractivity contribution in [1.82, 2.24) is 9.97 Å². The van der Waals surface area contributed by atoms with E-state index in [4.69, 9.17) is 8.92 Å². The van der Waals surface area contributed by atoms with Crippen LogP contribution in [-0.4, -0.2) is 53.2 Å². The third-order valence-electron chi connectivity index (χ3n) is 4.37. The number of aryl methyl sites for hydroxylation is 1. The number of aromatic nitrogens is 2. The molecule has 0 fully saturated rings. The maximum absolute atomic E-state index is 12.9. The molecule has 164 valence electrons. The molecule has 31 heavy (non-hydrogen) atoms. The number of hydrogen-bond donors (Lipinski definition) is 0. The van der Waals surface area contributed by atoms with Crippen molar-refractivity contribution in [3.8, 4) is 5.75 Å². The Morgan fingerprint density at radius 3 is 2.29 bits per heavy atom. The minimum Gasteiger partial charge on any atom is -0.464 e. The molecule has 0 aliphatic heterocycles. The fourth-order valence-electron chi connectivity index (χ4n) is 2.67. The predicted octanol–water partition coefficient (Wildman–Crippen LogP) is 1.89. The molecule has 2 heterocycles. The molecule has 0 bridgehead atoms. The summed E-state index contributed by atoms with van der Waals surface area (Å²) < 4.78 is 60.7. The first-order valence-electron chi connectivity index (χ1n) is 8.78. The van der Waals surface area contributed by atoms with E-state index in [9.17, 15) is 21.6 Å². The Hall–Kier alpha value is -3.25. The summed E-state index contributed by atoms with van der Waals surface area (Å²) in [7, 11) is -5.81. The number of fused-ring (bicyclic) bond motifs is 1. The average Bonchev–Trinajstić information content (AvgIpc) is 2.72. The number of pyridine rings is 2. The predicted molar refractivity (Wildman–Crippen MR) is 113 cm³/mol. The highest BCUT2D eigenvalue weighted by Crippen LogP contribution is 2.35. The largest absolute Gasteiger partial charge is 0.464 e. The first kappa shape index (κ1) is 22.4. The quantitative estimate of drug-likeness (QED) is 0.395. The molecule has 0 N–H and O–H groups in total. The van der Waals surface area contributed by atoms with Gasteiger partial charge in [0.2, 0.25) is 15.8 Å². The van der Waals surface area contributed by atoms with Crippen molar-refractivity contribution < 1.29 is 30.6 Å². The van der Waals surface area contributed by atoms with Gasteiger partial charge in [-0.2, -0.15) is 8.42 Å². The van der Waals surface area contributed by atoms with Crippen molar-refractivity contribution >= 4 is 42.8 Å². The number of esters is 1. The third kappa shape index (κ3) is 4.44. The van der Waals surface area contributed by atoms with E-state index in [1.54, 1.807) is 19.1 Å². The Kier molecular flexibility index (Phi) is 5.87. The molecule has 1 aromatic carbocycles. The maximum atomic E-state index is 12.9. The van der Waals surface area contributed by atoms with Crippen LogP contribution in [0.3, 0.4) is 0 Å². The molecule has 0 radical (unpaired) electrons. The van der Waals surface area contributed by atoms with Crippen LogP contribution in [0.25, 0.3) is 10.9 Å². The van der Waals surface area contributed by atoms with Crippen LogP contribution in [0.5, 0.6) is 5.75 Å². The normalized spacial score (nSPS) is 11.9. The number of sulfonamides is 1. The second kappa shape index (κ2) is 8.12. The molecule has 0 spiro atoms. The highest BCUT2D eigenvalue weighted by atomic mass is 32.2. The summed E-state index contributed by atoms with van der Waals surface area (Å²) in [5, 5.41) is 0.164. The molecular weight excluding hydrogens is 446 g/mol. The molecule has 10 nitrogen and oxygen atoms in total. The van der Waals surface area contributed by atoms with Crippen molar-refractivity contribution in [2.24, 2.45) is 0 Å². The van der Waals surface area contributed by atoms with Crippen LogP contribution < -0.4 is 8.49 Å². The van der Waals surface area contributed by atoms with E-state index in [0.29, 0.717) is 0 Å². The van der Waals surface area contributed by atoms with Gasteiger partial charge in [0.1, 0.15) is 10.4 Å². The first-order chi connectivity index (χ1) is 14.5. The lowest BCUT2D eigenvalue weighted by Crippen LogP contribution is -2.27. The fourth-order valence-corrected chi connectivity index (χ4v) is 4.07. The van der Waals surface area contributed by atoms with Gasteiger partial charge in [-0.3, -0.25) is 9.29 Å². The number of hydrogen-bond acceptors (Lipinski definition) is 9. The first-order valence-corrected chi connectivity index (χ1v) is 12.0. The van der Waals surface area contributed by atoms with Gasteiger partial charge in [-0.15, -0.1) is 0 Å². The van der Waals surface area contributed by atoms with Crippen molar-refractivity contribution in [1.29, 1.82) is 0 Å². The van der Waals surface area contributed by atoms with Gasteiger partial charge in [-0.25, -0.2) is 18.2 Å². The fraction of sp³-hybridized carbons (Fsp3) is 0.211. The monoisotopic (exact) mass is 465 g/mol. The van der Waals surface area contributed by atoms with Gasteiger partial charge in [0.15, 0.2) is 11.5 Å². The summed E-state index contributed by atoms with van der Waals surface area (Å²) in [6.45, 7) is 1.80. The number of ether oxygens (including phenoxy) is 1. The summed E-state index contributed by atoms with van der Waals surface area (Å²) in [5.41, 5.74) is 0.241. The zero-order chi connectivity index (χ0) is 23.0. The highest BCUT2D eigenvalue weighted by molar-refractivity contribution is 7.92. The van der Waals surface area contributed by atoms with Crippen LogP contribution in [-0.2, 0) is 24.9 Å². The average molecular weight is 466 g/mol. The van der Waals surface area contributed by atoms with E-state index in [-0.39, 0.29) is 21.6 Å². The summed E-state index contributed by atoms with van der Waals surface area (Å²) in [4.78, 5) is 20.5. The Morgan fingerprint density at radius 1 is 1.06 bits per heavy atom. The minimum absolute atomic E-state index is 0.0703. The van der Waals surface area contributed by atoms with Gasteiger partial charge in [0.25, 0.3) is 0 Å². The van der Waals surface area contributed by atoms with Crippen LogP contribution in [0.15, 0.2) is 47.5 Å². The topological polar surface area (TPSA) is 133 Å². The zero-order valence-corrected chi connectivity index (χ0v) is 18.7. The maximum Gasteiger partial charge on any atom is 0.360 e. The summed E-state index contributed by atoms with van der Waals surface area (Å²) in [6.07, 6.45) is 2.31. The van der Waals surface area contributed by atoms with Crippen molar-refractivity contribution in [3.05, 3.63) is 53.9 Å². The van der Waals surface area contributed by atoms with Crippen LogP contribution in [0.4, 0.5) is 5.82 Å². The summed E-state index contributed by atoms with van der Waals surface area (Å²) in [5.74, 6) is -1.62. The van der Waals surface area contributed by atoms with E-state index >= 15 is 0 Å². The molecule has 3 rings (SSSR count). The van der Waals surface area contributed by atoms with Crippen LogP contribution >= 0.6 is 0 Å². The number of carbonyl (C=O) groups is 1. The van der Waals surface area contributed by atoms with E-state index in [1.165, 1.54) is 37.5 Å². The second-order valence-corrected chi connectivity index (χ2v) is 10.1. The minimum atomic E-state index is -4.37. The number of methoxy groups -OCH3 is 1. The highest BCUT2D eigenvalue weighted by Gasteiger charge is 2.29. The van der Waals surface area contributed by atoms with Crippen LogP contribution in [0, 0.1) is 6.92 Å². The standard InChI is InChI=1S/C19H19N3O7S2/c1-12-7-9-13(10-8-12)31(26,27)29-17-15-14(6-5-11-20-15)18(22(2)30(4,24)25)21-16(17)19(23)28-3/h5-11H,1-4H3. The molecule has 0 saturated heterocycles. The Labute approximate surface area is 179 Å². The number of benzene rings is 1. The molecule has 0 atom stereocenters. The number of carbonyl (C=O) groups excluding carboxylic acids is 1. The molecule has 0 unspecified atom stereocenters. The Bertz CT molecular complexity index is 1370. The van der Waals surface area contributed by atoms with E-state index in [1.807, 2.05) is 0 Å². The number of rotatable bonds is 6. The van der Waals surface area contributed by atoms with Crippen LogP contribution in [0.2, 0.25) is 0 Å². The second-order valence-electron chi connectivity index (χ2n) is 6.59. The van der Waals surface area contributed by atoms with Crippen molar-refractivity contribution in [3.63, 3.8) is 0 Å². The molecular formula is C19H19N3O7S2. The smallest absolute Gasteiger partial charge is 0.360 e. The van der Waals surface area contributed by atoms with Crippen LogP contribution in [0.1, 0.15) is 16.1 Å². The lowest BCUT2D eigenvalue weighted by molar-refractivity contribution is 0.0592. The van der Waals surface area contributed by atoms with Gasteiger partial charge in [0.05, 0.1) is 13.4 Å². The van der Waals surface area contributed by atoms with E-state index in [0.717, 1.165) is 23.2 Å². The lowest BCUT2D eigenvalue weighted by atomic mass is 10.2. The summed E-state index contributed by atoms with van der Waals surface area (Å²) in [6, 6.07) is 8.90. The molecule has 0 aliphatic rings. The third-order valence-corrected chi connectivity index (χ3v) is 6.78. The SMILES string of the molecule is COC(=O)c1nc(N(C)S(C)(=O)=O)c2cccnc2c1OS(=O)(=O)c1ccc(C)cc1. The van der Waals surface area contributed by atoms with E-state index < -0.39 is 37.6 Å². The number of nitrogens with zero attached hydrogens (tertiary/aromatic N) is 3. The van der Waals surface area contributed by atoms with Gasteiger partial charge in [-0.1, -0.05) is 17.7 Å². The lowest BCUT2D eigenvalue weighted by Gasteiger charge is -2.20. The Balaban J connectivity index is 2.30. The van der Waals surface area contributed by atoms with Gasteiger partial charge in [0, 0.05) is 18.6 Å². The van der Waals surface area contributed by atoms with E-state index in [2.05, 4.69) is 9.97 Å². The Morgan fingerprint density at radius 2 is 1.71 bits per heavy atom. The number of anilines is 1. The van der Waals surface area contributed by atoms with Gasteiger partial charge >= 0.3 is 16.1 Å². The summed E-state index contributed by atoms with van der Waals surface area (Å²) >= 11 is 0. The zero-order valence-electron chi connectivity index (χ0n) is 17.1.